The number of aromatic nitrogens is 4. The van der Waals surface area contributed by atoms with E-state index < -0.39 is 0 Å². The molecule has 1 aromatic carbocycles. The number of ether oxygens (including phenoxy) is 1. The minimum absolute atomic E-state index is 0.0300. The van der Waals surface area contributed by atoms with Gasteiger partial charge in [-0.2, -0.15) is 0 Å². The van der Waals surface area contributed by atoms with Crippen molar-refractivity contribution in [3.05, 3.63) is 66.2 Å². The van der Waals surface area contributed by atoms with Crippen LogP contribution >= 0.6 is 0 Å². The standard InChI is InChI=1S/C26H27N5O2/c1-16-4-3-5-23(31-16)25-24(29-15-30-25)17-6-11-22-18(12-17)13-19(14-28-22)26(32)33-21-9-7-20(27-2)8-10-21/h3-6,11-15,20-21,27H,7-10H2,1-2H3,(H,29,30)/t20-,21+. The summed E-state index contributed by atoms with van der Waals surface area (Å²) in [6.07, 6.45) is 7.06. The third kappa shape index (κ3) is 4.50. The lowest BCUT2D eigenvalue weighted by atomic mass is 9.93. The zero-order valence-electron chi connectivity index (χ0n) is 18.8. The van der Waals surface area contributed by atoms with E-state index in [0.717, 1.165) is 64.9 Å². The van der Waals surface area contributed by atoms with Gasteiger partial charge < -0.3 is 15.0 Å². The average Bonchev–Trinajstić information content (AvgIpc) is 3.34. The number of hydrogen-bond donors (Lipinski definition) is 2. The number of pyridine rings is 2. The maximum absolute atomic E-state index is 12.8. The molecule has 1 aliphatic rings. The predicted molar refractivity (Wildman–Crippen MR) is 128 cm³/mol. The van der Waals surface area contributed by atoms with E-state index in [2.05, 4.69) is 25.3 Å². The molecule has 3 aromatic heterocycles. The van der Waals surface area contributed by atoms with E-state index in [1.165, 1.54) is 0 Å². The lowest BCUT2D eigenvalue weighted by molar-refractivity contribution is 0.0188. The number of fused-ring (bicyclic) bond motifs is 1. The van der Waals surface area contributed by atoms with Crippen LogP contribution in [-0.2, 0) is 4.74 Å². The second kappa shape index (κ2) is 9.11. The first-order valence-corrected chi connectivity index (χ1v) is 11.4. The van der Waals surface area contributed by atoms with Crippen LogP contribution < -0.4 is 5.32 Å². The van der Waals surface area contributed by atoms with Crippen LogP contribution in [-0.4, -0.2) is 45.1 Å². The first-order chi connectivity index (χ1) is 16.1. The topological polar surface area (TPSA) is 92.8 Å². The van der Waals surface area contributed by atoms with Crippen molar-refractivity contribution >= 4 is 16.9 Å². The van der Waals surface area contributed by atoms with Gasteiger partial charge in [-0.05, 0) is 70.0 Å². The summed E-state index contributed by atoms with van der Waals surface area (Å²) < 4.78 is 5.78. The number of benzene rings is 1. The normalized spacial score (nSPS) is 18.4. The molecule has 33 heavy (non-hydrogen) atoms. The van der Waals surface area contributed by atoms with Crippen LogP contribution in [0.1, 0.15) is 41.7 Å². The molecule has 0 aliphatic heterocycles. The van der Waals surface area contributed by atoms with E-state index in [4.69, 9.17) is 4.74 Å². The van der Waals surface area contributed by atoms with Crippen molar-refractivity contribution in [1.82, 2.24) is 25.3 Å². The Kier molecular flexibility index (Phi) is 5.88. The second-order valence-corrected chi connectivity index (χ2v) is 8.59. The predicted octanol–water partition coefficient (Wildman–Crippen LogP) is 4.68. The van der Waals surface area contributed by atoms with Gasteiger partial charge in [0.2, 0.25) is 0 Å². The number of rotatable bonds is 5. The van der Waals surface area contributed by atoms with E-state index in [-0.39, 0.29) is 12.1 Å². The average molecular weight is 442 g/mol. The van der Waals surface area contributed by atoms with Crippen molar-refractivity contribution in [2.24, 2.45) is 0 Å². The molecular formula is C26H27N5O2. The van der Waals surface area contributed by atoms with Gasteiger partial charge in [0.15, 0.2) is 0 Å². The van der Waals surface area contributed by atoms with Crippen LogP contribution in [0.3, 0.4) is 0 Å². The fourth-order valence-electron chi connectivity index (χ4n) is 4.47. The number of nitrogens with zero attached hydrogens (tertiary/aromatic N) is 3. The zero-order valence-corrected chi connectivity index (χ0v) is 18.8. The van der Waals surface area contributed by atoms with E-state index >= 15 is 0 Å². The largest absolute Gasteiger partial charge is 0.459 e. The molecule has 7 heteroatoms. The van der Waals surface area contributed by atoms with Gasteiger partial charge in [0.25, 0.3) is 0 Å². The minimum atomic E-state index is -0.313. The van der Waals surface area contributed by atoms with Crippen LogP contribution in [0.5, 0.6) is 0 Å². The van der Waals surface area contributed by atoms with E-state index in [1.807, 2.05) is 56.4 Å². The summed E-state index contributed by atoms with van der Waals surface area (Å²) in [6, 6.07) is 14.2. The Morgan fingerprint density at radius 1 is 1.09 bits per heavy atom. The molecule has 0 atom stereocenters. The quantitative estimate of drug-likeness (QED) is 0.437. The first-order valence-electron chi connectivity index (χ1n) is 11.4. The number of carbonyl (C=O) groups excluding carboxylic acids is 1. The summed E-state index contributed by atoms with van der Waals surface area (Å²) in [5, 5.41) is 4.17. The molecule has 0 bridgehead atoms. The Balaban J connectivity index is 1.40. The first kappa shape index (κ1) is 21.3. The van der Waals surface area contributed by atoms with E-state index in [1.54, 1.807) is 12.5 Å². The number of aromatic amines is 1. The van der Waals surface area contributed by atoms with Gasteiger partial charge in [0, 0.05) is 28.9 Å². The highest BCUT2D eigenvalue weighted by Crippen LogP contribution is 2.30. The molecule has 0 unspecified atom stereocenters. The van der Waals surface area contributed by atoms with Gasteiger partial charge in [0.05, 0.1) is 34.5 Å². The molecule has 0 amide bonds. The molecule has 2 N–H and O–H groups in total. The number of carbonyl (C=O) groups is 1. The molecule has 168 valence electrons. The Labute approximate surface area is 192 Å². The number of hydrogen-bond acceptors (Lipinski definition) is 6. The van der Waals surface area contributed by atoms with Crippen LogP contribution in [0, 0.1) is 6.92 Å². The minimum Gasteiger partial charge on any atom is -0.459 e. The highest BCUT2D eigenvalue weighted by molar-refractivity contribution is 5.95. The molecule has 3 heterocycles. The molecule has 5 rings (SSSR count). The zero-order chi connectivity index (χ0) is 22.8. The van der Waals surface area contributed by atoms with Gasteiger partial charge in [-0.1, -0.05) is 12.1 Å². The molecule has 0 spiro atoms. The van der Waals surface area contributed by atoms with Gasteiger partial charge in [-0.15, -0.1) is 0 Å². The fourth-order valence-corrected chi connectivity index (χ4v) is 4.47. The number of nitrogens with one attached hydrogen (secondary N) is 2. The van der Waals surface area contributed by atoms with E-state index in [0.29, 0.717) is 11.6 Å². The summed E-state index contributed by atoms with van der Waals surface area (Å²) in [5.74, 6) is -0.313. The number of esters is 1. The third-order valence-corrected chi connectivity index (χ3v) is 6.33. The lowest BCUT2D eigenvalue weighted by Gasteiger charge is -2.27. The number of aryl methyl sites for hydroxylation is 1. The smallest absolute Gasteiger partial charge is 0.339 e. The van der Waals surface area contributed by atoms with Crippen LogP contribution in [0.15, 0.2) is 55.0 Å². The summed E-state index contributed by atoms with van der Waals surface area (Å²) in [4.78, 5) is 29.6. The van der Waals surface area contributed by atoms with Gasteiger partial charge >= 0.3 is 5.97 Å². The maximum Gasteiger partial charge on any atom is 0.339 e. The molecule has 0 saturated heterocycles. The van der Waals surface area contributed by atoms with Crippen molar-refractivity contribution in [2.75, 3.05) is 7.05 Å². The van der Waals surface area contributed by atoms with Gasteiger partial charge in [-0.25, -0.2) is 9.78 Å². The van der Waals surface area contributed by atoms with Crippen LogP contribution in [0.25, 0.3) is 33.5 Å². The summed E-state index contributed by atoms with van der Waals surface area (Å²) in [6.45, 7) is 1.97. The van der Waals surface area contributed by atoms with Crippen molar-refractivity contribution in [2.45, 2.75) is 44.8 Å². The Morgan fingerprint density at radius 2 is 1.94 bits per heavy atom. The second-order valence-electron chi connectivity index (χ2n) is 8.59. The highest BCUT2D eigenvalue weighted by Gasteiger charge is 2.23. The van der Waals surface area contributed by atoms with E-state index in [9.17, 15) is 4.79 Å². The molecule has 1 fully saturated rings. The van der Waals surface area contributed by atoms with Gasteiger partial charge in [-0.3, -0.25) is 9.97 Å². The molecule has 1 saturated carbocycles. The van der Waals surface area contributed by atoms with Crippen LogP contribution in [0.2, 0.25) is 0 Å². The summed E-state index contributed by atoms with van der Waals surface area (Å²) >= 11 is 0. The van der Waals surface area contributed by atoms with Crippen molar-refractivity contribution < 1.29 is 9.53 Å². The number of imidazole rings is 1. The summed E-state index contributed by atoms with van der Waals surface area (Å²) in [5.41, 5.74) is 5.67. The number of H-pyrrole nitrogens is 1. The third-order valence-electron chi connectivity index (χ3n) is 6.33. The van der Waals surface area contributed by atoms with Gasteiger partial charge in [0.1, 0.15) is 6.10 Å². The van der Waals surface area contributed by atoms with Crippen molar-refractivity contribution in [3.63, 3.8) is 0 Å². The van der Waals surface area contributed by atoms with Crippen molar-refractivity contribution in [1.29, 1.82) is 0 Å². The Bertz CT molecular complexity index is 1290. The molecule has 7 nitrogen and oxygen atoms in total. The molecule has 1 aliphatic carbocycles. The molecule has 0 radical (unpaired) electrons. The monoisotopic (exact) mass is 441 g/mol. The Hall–Kier alpha value is -3.58. The molecule has 4 aromatic rings. The summed E-state index contributed by atoms with van der Waals surface area (Å²) in [7, 11) is 1.98. The van der Waals surface area contributed by atoms with Crippen molar-refractivity contribution in [3.8, 4) is 22.6 Å². The fraction of sp³-hybridized carbons (Fsp3) is 0.308. The lowest BCUT2D eigenvalue weighted by Crippen LogP contribution is -2.33. The van der Waals surface area contributed by atoms with Crippen LogP contribution in [0.4, 0.5) is 0 Å². The highest BCUT2D eigenvalue weighted by atomic mass is 16.5. The maximum atomic E-state index is 12.8. The SMILES string of the molecule is CN[C@H]1CC[C@@H](OC(=O)c2cnc3ccc(-c4nc[nH]c4-c4cccc(C)n4)cc3c2)CC1. The molecular weight excluding hydrogens is 414 g/mol. The Morgan fingerprint density at radius 3 is 2.73 bits per heavy atom.